The van der Waals surface area contributed by atoms with E-state index >= 15 is 0 Å². The predicted octanol–water partition coefficient (Wildman–Crippen LogP) is 4.84. The number of aromatic nitrogens is 3. The fraction of sp³-hybridized carbons (Fsp3) is 0.318. The summed E-state index contributed by atoms with van der Waals surface area (Å²) in [7, 11) is 0. The summed E-state index contributed by atoms with van der Waals surface area (Å²) in [6.07, 6.45) is 1.23. The van der Waals surface area contributed by atoms with Gasteiger partial charge < -0.3 is 10.2 Å². The molecule has 162 valence electrons. The number of benzene rings is 1. The Labute approximate surface area is 177 Å². The Balaban J connectivity index is 1.57. The van der Waals surface area contributed by atoms with Crippen molar-refractivity contribution in [2.24, 2.45) is 0 Å². The maximum absolute atomic E-state index is 13.8. The van der Waals surface area contributed by atoms with Crippen molar-refractivity contribution < 1.29 is 18.0 Å². The molecule has 0 aliphatic carbocycles. The van der Waals surface area contributed by atoms with E-state index in [4.69, 9.17) is 0 Å². The largest absolute Gasteiger partial charge is 0.434 e. The number of anilines is 2. The van der Waals surface area contributed by atoms with Gasteiger partial charge in [-0.1, -0.05) is 17.7 Å². The van der Waals surface area contributed by atoms with Crippen molar-refractivity contribution in [1.29, 1.82) is 0 Å². The van der Waals surface area contributed by atoms with Crippen LogP contribution >= 0.6 is 0 Å². The second-order valence-electron chi connectivity index (χ2n) is 7.56. The molecule has 1 aromatic carbocycles. The fourth-order valence-corrected chi connectivity index (χ4v) is 3.65. The molecule has 0 spiro atoms. The zero-order chi connectivity index (χ0) is 22.0. The summed E-state index contributed by atoms with van der Waals surface area (Å²) in [5, 5.41) is 6.28. The first-order valence-corrected chi connectivity index (χ1v) is 10.1. The SMILES string of the molecule is Cc1ccc(-n2ncc(C(=O)Nc3ccc(N4CCCCC4)cn3)c2C(F)(F)F)cc1. The fourth-order valence-electron chi connectivity index (χ4n) is 3.65. The van der Waals surface area contributed by atoms with E-state index in [1.807, 2.05) is 13.0 Å². The van der Waals surface area contributed by atoms with Gasteiger partial charge in [0.1, 0.15) is 5.82 Å². The van der Waals surface area contributed by atoms with Gasteiger partial charge in [0.2, 0.25) is 0 Å². The minimum absolute atomic E-state index is 0.182. The van der Waals surface area contributed by atoms with Gasteiger partial charge in [0.05, 0.1) is 29.3 Å². The Bertz CT molecular complexity index is 1050. The molecule has 1 fully saturated rings. The van der Waals surface area contributed by atoms with Crippen LogP contribution in [0, 0.1) is 6.92 Å². The quantitative estimate of drug-likeness (QED) is 0.645. The average Bonchev–Trinajstić information content (AvgIpc) is 3.21. The molecule has 3 heterocycles. The molecule has 0 atom stereocenters. The monoisotopic (exact) mass is 429 g/mol. The van der Waals surface area contributed by atoms with Crippen molar-refractivity contribution in [2.45, 2.75) is 32.4 Å². The van der Waals surface area contributed by atoms with Crippen LogP contribution < -0.4 is 10.2 Å². The number of pyridine rings is 1. The van der Waals surface area contributed by atoms with Crippen molar-refractivity contribution in [3.8, 4) is 5.69 Å². The summed E-state index contributed by atoms with van der Waals surface area (Å²) in [5.41, 5.74) is 0.372. The molecule has 0 saturated carbocycles. The lowest BCUT2D eigenvalue weighted by molar-refractivity contribution is -0.143. The summed E-state index contributed by atoms with van der Waals surface area (Å²) in [5.74, 6) is -0.731. The number of amides is 1. The third-order valence-electron chi connectivity index (χ3n) is 5.27. The normalized spacial score (nSPS) is 14.5. The third-order valence-corrected chi connectivity index (χ3v) is 5.27. The Morgan fingerprint density at radius 3 is 2.26 bits per heavy atom. The Morgan fingerprint density at radius 2 is 1.65 bits per heavy atom. The van der Waals surface area contributed by atoms with Crippen molar-refractivity contribution in [3.63, 3.8) is 0 Å². The number of alkyl halides is 3. The van der Waals surface area contributed by atoms with Gasteiger partial charge >= 0.3 is 6.18 Å². The standard InChI is InChI=1S/C22H22F3N5O/c1-15-5-7-16(8-6-15)30-20(22(23,24)25)18(14-27-30)21(31)28-19-10-9-17(13-26-19)29-11-3-2-4-12-29/h5-10,13-14H,2-4,11-12H2,1H3,(H,26,28,31). The number of hydrogen-bond acceptors (Lipinski definition) is 4. The van der Waals surface area contributed by atoms with Gasteiger partial charge in [-0.25, -0.2) is 9.67 Å². The number of hydrogen-bond donors (Lipinski definition) is 1. The number of halogens is 3. The summed E-state index contributed by atoms with van der Waals surface area (Å²) < 4.78 is 42.1. The minimum Gasteiger partial charge on any atom is -0.370 e. The van der Waals surface area contributed by atoms with E-state index < -0.39 is 23.3 Å². The molecule has 1 aliphatic heterocycles. The first kappa shape index (κ1) is 20.9. The molecule has 1 amide bonds. The first-order valence-electron chi connectivity index (χ1n) is 10.1. The van der Waals surface area contributed by atoms with E-state index in [9.17, 15) is 18.0 Å². The van der Waals surface area contributed by atoms with Crippen LogP contribution in [0.4, 0.5) is 24.7 Å². The molecule has 4 rings (SSSR count). The van der Waals surface area contributed by atoms with Crippen molar-refractivity contribution in [3.05, 3.63) is 65.6 Å². The summed E-state index contributed by atoms with van der Waals surface area (Å²) in [4.78, 5) is 19.1. The molecule has 1 N–H and O–H groups in total. The lowest BCUT2D eigenvalue weighted by Gasteiger charge is -2.28. The van der Waals surface area contributed by atoms with Crippen LogP contribution in [0.5, 0.6) is 0 Å². The van der Waals surface area contributed by atoms with Gasteiger partial charge in [-0.2, -0.15) is 18.3 Å². The van der Waals surface area contributed by atoms with Crippen LogP contribution in [0.2, 0.25) is 0 Å². The van der Waals surface area contributed by atoms with Gasteiger partial charge in [0, 0.05) is 13.1 Å². The highest BCUT2D eigenvalue weighted by Gasteiger charge is 2.40. The van der Waals surface area contributed by atoms with Crippen LogP contribution in [0.25, 0.3) is 5.69 Å². The van der Waals surface area contributed by atoms with Crippen LogP contribution in [-0.4, -0.2) is 33.8 Å². The van der Waals surface area contributed by atoms with E-state index in [2.05, 4.69) is 20.3 Å². The van der Waals surface area contributed by atoms with Gasteiger partial charge in [-0.05, 0) is 50.5 Å². The highest BCUT2D eigenvalue weighted by Crippen LogP contribution is 2.34. The van der Waals surface area contributed by atoms with E-state index in [1.165, 1.54) is 18.6 Å². The molecule has 1 aliphatic rings. The van der Waals surface area contributed by atoms with Crippen molar-refractivity contribution >= 4 is 17.4 Å². The summed E-state index contributed by atoms with van der Waals surface area (Å²) >= 11 is 0. The number of nitrogens with zero attached hydrogens (tertiary/aromatic N) is 4. The van der Waals surface area contributed by atoms with E-state index in [0.717, 1.165) is 48.1 Å². The number of piperidine rings is 1. The molecule has 6 nitrogen and oxygen atoms in total. The van der Waals surface area contributed by atoms with Crippen LogP contribution in [-0.2, 0) is 6.18 Å². The maximum Gasteiger partial charge on any atom is 0.434 e. The van der Waals surface area contributed by atoms with Gasteiger partial charge in [-0.3, -0.25) is 4.79 Å². The maximum atomic E-state index is 13.8. The van der Waals surface area contributed by atoms with E-state index in [-0.39, 0.29) is 11.5 Å². The number of carbonyl (C=O) groups excluding carboxylic acids is 1. The van der Waals surface area contributed by atoms with Crippen LogP contribution in [0.1, 0.15) is 40.9 Å². The first-order chi connectivity index (χ1) is 14.8. The molecule has 9 heteroatoms. The number of carbonyl (C=O) groups is 1. The number of aryl methyl sites for hydroxylation is 1. The zero-order valence-electron chi connectivity index (χ0n) is 17.0. The molecule has 2 aromatic heterocycles. The second kappa shape index (κ2) is 8.41. The molecule has 0 radical (unpaired) electrons. The molecule has 0 bridgehead atoms. The second-order valence-corrected chi connectivity index (χ2v) is 7.56. The number of rotatable bonds is 4. The average molecular weight is 429 g/mol. The Kier molecular flexibility index (Phi) is 5.67. The molecule has 1 saturated heterocycles. The Morgan fingerprint density at radius 1 is 0.968 bits per heavy atom. The number of nitrogens with one attached hydrogen (secondary N) is 1. The zero-order valence-corrected chi connectivity index (χ0v) is 17.0. The third kappa shape index (κ3) is 4.55. The Hall–Kier alpha value is -3.36. The lowest BCUT2D eigenvalue weighted by atomic mass is 10.1. The molecular weight excluding hydrogens is 407 g/mol. The van der Waals surface area contributed by atoms with Gasteiger partial charge in [0.15, 0.2) is 5.69 Å². The van der Waals surface area contributed by atoms with Crippen molar-refractivity contribution in [2.75, 3.05) is 23.3 Å². The predicted molar refractivity (Wildman–Crippen MR) is 112 cm³/mol. The highest BCUT2D eigenvalue weighted by atomic mass is 19.4. The molecule has 31 heavy (non-hydrogen) atoms. The van der Waals surface area contributed by atoms with E-state index in [1.54, 1.807) is 24.4 Å². The van der Waals surface area contributed by atoms with E-state index in [0.29, 0.717) is 0 Å². The summed E-state index contributed by atoms with van der Waals surface area (Å²) in [6.45, 7) is 3.72. The van der Waals surface area contributed by atoms with Crippen LogP contribution in [0.15, 0.2) is 48.8 Å². The van der Waals surface area contributed by atoms with Crippen LogP contribution in [0.3, 0.4) is 0 Å². The summed E-state index contributed by atoms with van der Waals surface area (Å²) in [6, 6.07) is 9.84. The molecular formula is C22H22F3N5O. The van der Waals surface area contributed by atoms with Crippen molar-refractivity contribution in [1.82, 2.24) is 14.8 Å². The van der Waals surface area contributed by atoms with Gasteiger partial charge in [0.25, 0.3) is 5.91 Å². The topological polar surface area (TPSA) is 63.1 Å². The smallest absolute Gasteiger partial charge is 0.370 e. The molecule has 3 aromatic rings. The minimum atomic E-state index is -4.76. The molecule has 0 unspecified atom stereocenters. The van der Waals surface area contributed by atoms with Gasteiger partial charge in [-0.15, -0.1) is 0 Å². The lowest BCUT2D eigenvalue weighted by Crippen LogP contribution is -2.29. The highest BCUT2D eigenvalue weighted by molar-refractivity contribution is 6.04.